The number of ether oxygens (including phenoxy) is 1. The third-order valence-corrected chi connectivity index (χ3v) is 1.06. The van der Waals surface area contributed by atoms with Crippen molar-refractivity contribution in [3.8, 4) is 0 Å². The van der Waals surface area contributed by atoms with E-state index in [0.717, 1.165) is 5.57 Å². The highest BCUT2D eigenvalue weighted by molar-refractivity contribution is 5.86. The summed E-state index contributed by atoms with van der Waals surface area (Å²) in [5, 5.41) is 0. The van der Waals surface area contributed by atoms with Gasteiger partial charge in [-0.25, -0.2) is 4.79 Å². The number of rotatable bonds is 4. The highest BCUT2D eigenvalue weighted by Crippen LogP contribution is 1.93. The Morgan fingerprint density at radius 3 is 2.42 bits per heavy atom. The minimum atomic E-state index is -0.360. The van der Waals surface area contributed by atoms with Crippen molar-refractivity contribution in [2.75, 3.05) is 6.61 Å². The van der Waals surface area contributed by atoms with Crippen molar-refractivity contribution in [2.45, 2.75) is 13.8 Å². The van der Waals surface area contributed by atoms with E-state index in [0.29, 0.717) is 5.57 Å². The van der Waals surface area contributed by atoms with E-state index in [-0.39, 0.29) is 12.6 Å². The Kier molecular flexibility index (Phi) is 4.77. The van der Waals surface area contributed by atoms with Gasteiger partial charge >= 0.3 is 5.97 Å². The Morgan fingerprint density at radius 1 is 1.42 bits per heavy atom. The molecule has 0 amide bonds. The molecular formula is C10H14O2. The van der Waals surface area contributed by atoms with Gasteiger partial charge in [0.2, 0.25) is 0 Å². The van der Waals surface area contributed by atoms with Gasteiger partial charge in [-0.15, -0.1) is 0 Å². The summed E-state index contributed by atoms with van der Waals surface area (Å²) in [6.45, 7) is 10.9. The predicted octanol–water partition coefficient (Wildman–Crippen LogP) is 2.24. The minimum absolute atomic E-state index is 0.276. The number of hydrogen-bond acceptors (Lipinski definition) is 2. The van der Waals surface area contributed by atoms with E-state index in [9.17, 15) is 4.79 Å². The summed E-state index contributed by atoms with van der Waals surface area (Å²) >= 11 is 0. The summed E-state index contributed by atoms with van der Waals surface area (Å²) in [5.74, 6) is -0.360. The summed E-state index contributed by atoms with van der Waals surface area (Å²) in [7, 11) is 0. The number of esters is 1. The Labute approximate surface area is 73.2 Å². The second-order valence-corrected chi connectivity index (χ2v) is 2.63. The zero-order valence-corrected chi connectivity index (χ0v) is 7.59. The average Bonchev–Trinajstić information content (AvgIpc) is 1.97. The molecule has 0 atom stereocenters. The molecule has 0 spiro atoms. The molecule has 0 saturated heterocycles. The molecular weight excluding hydrogens is 152 g/mol. The van der Waals surface area contributed by atoms with Crippen molar-refractivity contribution in [2.24, 2.45) is 0 Å². The van der Waals surface area contributed by atoms with Crippen LogP contribution in [0.15, 0.2) is 36.5 Å². The Hall–Kier alpha value is -1.31. The topological polar surface area (TPSA) is 26.3 Å². The summed E-state index contributed by atoms with van der Waals surface area (Å²) in [6.07, 6.45) is 3.54. The van der Waals surface area contributed by atoms with Gasteiger partial charge in [-0.3, -0.25) is 0 Å². The molecule has 0 saturated carbocycles. The molecule has 0 aromatic rings. The lowest BCUT2D eigenvalue weighted by Gasteiger charge is -1.98. The zero-order chi connectivity index (χ0) is 9.56. The predicted molar refractivity (Wildman–Crippen MR) is 49.7 cm³/mol. The van der Waals surface area contributed by atoms with Gasteiger partial charge in [-0.05, 0) is 19.9 Å². The molecule has 0 aliphatic heterocycles. The molecule has 0 aromatic carbocycles. The highest BCUT2D eigenvalue weighted by Gasteiger charge is 1.99. The molecule has 0 rings (SSSR count). The quantitative estimate of drug-likeness (QED) is 0.363. The maximum atomic E-state index is 10.8. The molecule has 66 valence electrons. The molecule has 12 heavy (non-hydrogen) atoms. The van der Waals surface area contributed by atoms with E-state index in [1.165, 1.54) is 0 Å². The smallest absolute Gasteiger partial charge is 0.333 e. The van der Waals surface area contributed by atoms with Crippen LogP contribution in [0.5, 0.6) is 0 Å². The van der Waals surface area contributed by atoms with Crippen LogP contribution in [0, 0.1) is 0 Å². The standard InChI is InChI=1S/C10H14O2/c1-8(2)6-5-7-12-10(11)9(3)4/h5-6H,1,3,7H2,2,4H3/b6-5+. The minimum Gasteiger partial charge on any atom is -0.458 e. The van der Waals surface area contributed by atoms with Crippen molar-refractivity contribution < 1.29 is 9.53 Å². The Morgan fingerprint density at radius 2 is 2.00 bits per heavy atom. The van der Waals surface area contributed by atoms with Crippen LogP contribution in [0.25, 0.3) is 0 Å². The lowest BCUT2D eigenvalue weighted by molar-refractivity contribution is -0.137. The van der Waals surface area contributed by atoms with Crippen LogP contribution in [0.2, 0.25) is 0 Å². The third kappa shape index (κ3) is 5.47. The van der Waals surface area contributed by atoms with Crippen LogP contribution in [0.3, 0.4) is 0 Å². The van der Waals surface area contributed by atoms with E-state index in [2.05, 4.69) is 13.2 Å². The molecule has 0 radical (unpaired) electrons. The number of allylic oxidation sites excluding steroid dienone is 2. The van der Waals surface area contributed by atoms with Gasteiger partial charge in [-0.1, -0.05) is 24.8 Å². The van der Waals surface area contributed by atoms with Gasteiger partial charge in [-0.2, -0.15) is 0 Å². The van der Waals surface area contributed by atoms with Crippen molar-refractivity contribution in [3.63, 3.8) is 0 Å². The van der Waals surface area contributed by atoms with Crippen LogP contribution in [-0.2, 0) is 9.53 Å². The van der Waals surface area contributed by atoms with E-state index >= 15 is 0 Å². The normalized spacial score (nSPS) is 9.83. The number of carbonyl (C=O) groups is 1. The van der Waals surface area contributed by atoms with Gasteiger partial charge in [0.15, 0.2) is 0 Å². The first-order valence-corrected chi connectivity index (χ1v) is 3.68. The van der Waals surface area contributed by atoms with Crippen LogP contribution in [0.4, 0.5) is 0 Å². The fraction of sp³-hybridized carbons (Fsp3) is 0.300. The molecule has 0 aliphatic rings. The fourth-order valence-corrected chi connectivity index (χ4v) is 0.496. The summed E-state index contributed by atoms with van der Waals surface area (Å²) in [6, 6.07) is 0. The molecule has 0 aliphatic carbocycles. The third-order valence-electron chi connectivity index (χ3n) is 1.06. The Balaban J connectivity index is 3.64. The lowest BCUT2D eigenvalue weighted by atomic mass is 10.3. The van der Waals surface area contributed by atoms with Crippen molar-refractivity contribution in [1.29, 1.82) is 0 Å². The molecule has 0 aromatic heterocycles. The summed E-state index contributed by atoms with van der Waals surface area (Å²) in [5.41, 5.74) is 1.35. The largest absolute Gasteiger partial charge is 0.458 e. The first kappa shape index (κ1) is 10.7. The molecule has 0 fully saturated rings. The number of hydrogen-bond donors (Lipinski definition) is 0. The first-order valence-electron chi connectivity index (χ1n) is 3.68. The van der Waals surface area contributed by atoms with E-state index in [1.54, 1.807) is 19.1 Å². The molecule has 0 heterocycles. The highest BCUT2D eigenvalue weighted by atomic mass is 16.5. The second kappa shape index (κ2) is 5.35. The average molecular weight is 166 g/mol. The van der Waals surface area contributed by atoms with Crippen LogP contribution >= 0.6 is 0 Å². The molecule has 0 bridgehead atoms. The van der Waals surface area contributed by atoms with Gasteiger partial charge in [0.05, 0.1) is 0 Å². The van der Waals surface area contributed by atoms with E-state index in [1.807, 2.05) is 6.92 Å². The molecule has 2 heteroatoms. The molecule has 0 unspecified atom stereocenters. The summed E-state index contributed by atoms with van der Waals surface area (Å²) < 4.78 is 4.79. The maximum absolute atomic E-state index is 10.8. The molecule has 2 nitrogen and oxygen atoms in total. The van der Waals surface area contributed by atoms with Crippen molar-refractivity contribution in [1.82, 2.24) is 0 Å². The fourth-order valence-electron chi connectivity index (χ4n) is 0.496. The van der Waals surface area contributed by atoms with Gasteiger partial charge < -0.3 is 4.74 Å². The Bertz CT molecular complexity index is 224. The monoisotopic (exact) mass is 166 g/mol. The van der Waals surface area contributed by atoms with E-state index in [4.69, 9.17) is 4.74 Å². The SMILES string of the molecule is C=C(C)/C=C/COC(=O)C(=C)C. The lowest BCUT2D eigenvalue weighted by Crippen LogP contribution is -2.04. The maximum Gasteiger partial charge on any atom is 0.333 e. The first-order chi connectivity index (χ1) is 5.54. The van der Waals surface area contributed by atoms with Crippen LogP contribution in [0.1, 0.15) is 13.8 Å². The van der Waals surface area contributed by atoms with Crippen molar-refractivity contribution in [3.05, 3.63) is 36.5 Å². The summed E-state index contributed by atoms with van der Waals surface area (Å²) in [4.78, 5) is 10.8. The number of carbonyl (C=O) groups excluding carboxylic acids is 1. The van der Waals surface area contributed by atoms with Gasteiger partial charge in [0.1, 0.15) is 6.61 Å². The zero-order valence-electron chi connectivity index (χ0n) is 7.59. The second-order valence-electron chi connectivity index (χ2n) is 2.63. The van der Waals surface area contributed by atoms with Gasteiger partial charge in [0, 0.05) is 5.57 Å². The molecule has 0 N–H and O–H groups in total. The van der Waals surface area contributed by atoms with Crippen molar-refractivity contribution >= 4 is 5.97 Å². The van der Waals surface area contributed by atoms with Crippen LogP contribution in [-0.4, -0.2) is 12.6 Å². The van der Waals surface area contributed by atoms with Crippen LogP contribution < -0.4 is 0 Å². The van der Waals surface area contributed by atoms with Gasteiger partial charge in [0.25, 0.3) is 0 Å². The van der Waals surface area contributed by atoms with E-state index < -0.39 is 0 Å².